The summed E-state index contributed by atoms with van der Waals surface area (Å²) >= 11 is 1.64. The first kappa shape index (κ1) is 11.0. The van der Waals surface area contributed by atoms with E-state index in [2.05, 4.69) is 29.4 Å². The van der Waals surface area contributed by atoms with Crippen molar-refractivity contribution in [2.24, 2.45) is 0 Å². The molecule has 1 aliphatic heterocycles. The summed E-state index contributed by atoms with van der Waals surface area (Å²) in [7, 11) is 0. The van der Waals surface area contributed by atoms with Crippen LogP contribution in [0.4, 0.5) is 0 Å². The minimum atomic E-state index is 0.490. The van der Waals surface area contributed by atoms with Gasteiger partial charge in [-0.05, 0) is 0 Å². The summed E-state index contributed by atoms with van der Waals surface area (Å²) in [6.07, 6.45) is 2.32. The molecule has 4 nitrogen and oxygen atoms in total. The number of thioether (sulfide) groups is 1. The molecule has 0 unspecified atom stereocenters. The molecule has 2 heterocycles. The van der Waals surface area contributed by atoms with Gasteiger partial charge in [0.15, 0.2) is 0 Å². The van der Waals surface area contributed by atoms with Crippen molar-refractivity contribution in [1.82, 2.24) is 10.2 Å². The summed E-state index contributed by atoms with van der Waals surface area (Å²) in [5, 5.41) is 11.8. The maximum atomic E-state index is 5.66. The zero-order valence-electron chi connectivity index (χ0n) is 9.27. The van der Waals surface area contributed by atoms with Crippen LogP contribution in [0.1, 0.15) is 38.5 Å². The van der Waals surface area contributed by atoms with E-state index in [-0.39, 0.29) is 0 Å². The molecule has 0 aromatic carbocycles. The third-order valence-electron chi connectivity index (χ3n) is 2.55. The quantitative estimate of drug-likeness (QED) is 0.785. The van der Waals surface area contributed by atoms with Gasteiger partial charge in [-0.2, -0.15) is 0 Å². The van der Waals surface area contributed by atoms with Crippen LogP contribution in [0.5, 0.6) is 0 Å². The van der Waals surface area contributed by atoms with Crippen LogP contribution in [0.2, 0.25) is 0 Å². The van der Waals surface area contributed by atoms with Crippen molar-refractivity contribution < 1.29 is 9.73 Å². The number of hydrogen-bond acceptors (Lipinski definition) is 4. The summed E-state index contributed by atoms with van der Waals surface area (Å²) < 4.78 is 5.66. The van der Waals surface area contributed by atoms with Crippen LogP contribution in [0.15, 0.2) is 9.64 Å². The van der Waals surface area contributed by atoms with Crippen LogP contribution in [-0.2, 0) is 0 Å². The molecule has 0 saturated carbocycles. The highest BCUT2D eigenvalue weighted by Gasteiger charge is 2.23. The van der Waals surface area contributed by atoms with Gasteiger partial charge in [0.1, 0.15) is 0 Å². The van der Waals surface area contributed by atoms with Crippen LogP contribution < -0.4 is 5.32 Å². The largest absolute Gasteiger partial charge is 0.416 e. The van der Waals surface area contributed by atoms with Gasteiger partial charge in [-0.15, -0.1) is 10.2 Å². The average Bonchev–Trinajstić information content (AvgIpc) is 2.67. The van der Waals surface area contributed by atoms with Crippen LogP contribution in [0, 0.1) is 0 Å². The Morgan fingerprint density at radius 3 is 2.73 bits per heavy atom. The Labute approximate surface area is 94.2 Å². The number of aromatic nitrogens is 2. The lowest BCUT2D eigenvalue weighted by Gasteiger charge is -2.16. The lowest BCUT2D eigenvalue weighted by Crippen LogP contribution is -2.86. The van der Waals surface area contributed by atoms with Gasteiger partial charge >= 0.3 is 0 Å². The summed E-state index contributed by atoms with van der Waals surface area (Å²) in [6, 6.07) is 0. The third kappa shape index (κ3) is 2.95. The molecule has 1 aliphatic rings. The van der Waals surface area contributed by atoms with E-state index in [1.54, 1.807) is 11.8 Å². The molecular formula is C10H18N3OS+. The molecule has 2 rings (SSSR count). The predicted molar refractivity (Wildman–Crippen MR) is 58.9 cm³/mol. The fraction of sp³-hybridized carbons (Fsp3) is 0.800. The number of nitrogens with two attached hydrogens (primary N) is 1. The predicted octanol–water partition coefficient (Wildman–Crippen LogP) is 1.01. The van der Waals surface area contributed by atoms with Crippen molar-refractivity contribution in [3.63, 3.8) is 0 Å². The van der Waals surface area contributed by atoms with Crippen molar-refractivity contribution in [1.29, 1.82) is 0 Å². The number of rotatable bonds is 3. The monoisotopic (exact) mass is 228 g/mol. The number of quaternary nitrogens is 1. The fourth-order valence-electron chi connectivity index (χ4n) is 1.81. The van der Waals surface area contributed by atoms with Crippen molar-refractivity contribution in [3.05, 3.63) is 5.89 Å². The molecule has 0 spiro atoms. The van der Waals surface area contributed by atoms with Gasteiger partial charge in [0, 0.05) is 24.0 Å². The smallest absolute Gasteiger partial charge is 0.276 e. The first-order valence-corrected chi connectivity index (χ1v) is 6.45. The highest BCUT2D eigenvalue weighted by Crippen LogP contribution is 2.27. The SMILES string of the molecule is CC(C)Sc1nnc(C2CC[NH2+]CC2)o1. The molecule has 0 amide bonds. The Hall–Kier alpha value is -0.550. The van der Waals surface area contributed by atoms with Gasteiger partial charge in [-0.25, -0.2) is 0 Å². The highest BCUT2D eigenvalue weighted by molar-refractivity contribution is 7.99. The Balaban J connectivity index is 1.99. The van der Waals surface area contributed by atoms with Crippen LogP contribution in [0.25, 0.3) is 0 Å². The summed E-state index contributed by atoms with van der Waals surface area (Å²) in [5.41, 5.74) is 0. The van der Waals surface area contributed by atoms with Crippen molar-refractivity contribution in [2.45, 2.75) is 43.1 Å². The first-order valence-electron chi connectivity index (χ1n) is 5.57. The Morgan fingerprint density at radius 2 is 2.07 bits per heavy atom. The summed E-state index contributed by atoms with van der Waals surface area (Å²) in [4.78, 5) is 0. The summed E-state index contributed by atoms with van der Waals surface area (Å²) in [6.45, 7) is 6.62. The van der Waals surface area contributed by atoms with E-state index >= 15 is 0 Å². The molecule has 2 N–H and O–H groups in total. The van der Waals surface area contributed by atoms with E-state index in [4.69, 9.17) is 4.42 Å². The molecular weight excluding hydrogens is 210 g/mol. The van der Waals surface area contributed by atoms with E-state index in [9.17, 15) is 0 Å². The van der Waals surface area contributed by atoms with Gasteiger partial charge in [0.2, 0.25) is 5.89 Å². The topological polar surface area (TPSA) is 55.5 Å². The van der Waals surface area contributed by atoms with Crippen LogP contribution >= 0.6 is 11.8 Å². The van der Waals surface area contributed by atoms with E-state index in [1.807, 2.05) is 0 Å². The standard InChI is InChI=1S/C10H17N3OS/c1-7(2)15-10-13-12-9(14-10)8-3-5-11-6-4-8/h7-8,11H,3-6H2,1-2H3/p+1. The van der Waals surface area contributed by atoms with Gasteiger partial charge < -0.3 is 9.73 Å². The molecule has 5 heteroatoms. The number of piperidine rings is 1. The van der Waals surface area contributed by atoms with E-state index in [1.165, 1.54) is 13.1 Å². The maximum absolute atomic E-state index is 5.66. The normalized spacial score (nSPS) is 18.6. The molecule has 84 valence electrons. The number of hydrogen-bond donors (Lipinski definition) is 1. The average molecular weight is 228 g/mol. The zero-order chi connectivity index (χ0) is 10.7. The zero-order valence-corrected chi connectivity index (χ0v) is 10.1. The van der Waals surface area contributed by atoms with Crippen molar-refractivity contribution in [3.8, 4) is 0 Å². The lowest BCUT2D eigenvalue weighted by atomic mass is 9.98. The van der Waals surface area contributed by atoms with Crippen LogP contribution in [-0.4, -0.2) is 28.5 Å². The Kier molecular flexibility index (Phi) is 3.64. The minimum Gasteiger partial charge on any atom is -0.416 e. The molecule has 1 fully saturated rings. The maximum Gasteiger partial charge on any atom is 0.276 e. The van der Waals surface area contributed by atoms with Crippen LogP contribution in [0.3, 0.4) is 0 Å². The molecule has 15 heavy (non-hydrogen) atoms. The van der Waals surface area contributed by atoms with Crippen molar-refractivity contribution >= 4 is 11.8 Å². The van der Waals surface area contributed by atoms with Gasteiger partial charge in [-0.1, -0.05) is 25.6 Å². The molecule has 1 saturated heterocycles. The number of nitrogens with zero attached hydrogens (tertiary/aromatic N) is 2. The lowest BCUT2D eigenvalue weighted by molar-refractivity contribution is -0.663. The highest BCUT2D eigenvalue weighted by atomic mass is 32.2. The molecule has 1 aromatic heterocycles. The third-order valence-corrected chi connectivity index (χ3v) is 3.38. The van der Waals surface area contributed by atoms with E-state index in [0.29, 0.717) is 11.2 Å². The van der Waals surface area contributed by atoms with Gasteiger partial charge in [0.25, 0.3) is 5.22 Å². The van der Waals surface area contributed by atoms with Gasteiger partial charge in [0.05, 0.1) is 13.1 Å². The fourth-order valence-corrected chi connectivity index (χ4v) is 2.43. The van der Waals surface area contributed by atoms with E-state index in [0.717, 1.165) is 24.0 Å². The molecule has 0 radical (unpaired) electrons. The second kappa shape index (κ2) is 4.99. The molecule has 0 atom stereocenters. The van der Waals surface area contributed by atoms with E-state index < -0.39 is 0 Å². The summed E-state index contributed by atoms with van der Waals surface area (Å²) in [5.74, 6) is 1.33. The Morgan fingerprint density at radius 1 is 1.33 bits per heavy atom. The van der Waals surface area contributed by atoms with Crippen molar-refractivity contribution in [2.75, 3.05) is 13.1 Å². The van der Waals surface area contributed by atoms with Gasteiger partial charge in [-0.3, -0.25) is 0 Å². The first-order chi connectivity index (χ1) is 7.25. The second-order valence-corrected chi connectivity index (χ2v) is 5.74. The second-order valence-electron chi connectivity index (χ2n) is 4.21. The molecule has 0 bridgehead atoms. The minimum absolute atomic E-state index is 0.490. The Bertz CT molecular complexity index is 307. The molecule has 1 aromatic rings. The molecule has 0 aliphatic carbocycles.